The highest BCUT2D eigenvalue weighted by Gasteiger charge is 2.31. The Morgan fingerprint density at radius 1 is 1.03 bits per heavy atom. The average Bonchev–Trinajstić information content (AvgIpc) is 3.60. The van der Waals surface area contributed by atoms with E-state index in [4.69, 9.17) is 4.74 Å². The quantitative estimate of drug-likeness (QED) is 0.867. The minimum atomic E-state index is -0.516. The van der Waals surface area contributed by atoms with Crippen LogP contribution in [0.1, 0.15) is 73.4 Å². The van der Waals surface area contributed by atoms with Crippen LogP contribution in [0.15, 0.2) is 41.2 Å². The summed E-state index contributed by atoms with van der Waals surface area (Å²) in [4.78, 5) is 25.2. The Balaban J connectivity index is 1.21. The van der Waals surface area contributed by atoms with Gasteiger partial charge in [-0.05, 0) is 62.1 Å². The molecule has 29 heavy (non-hydrogen) atoms. The van der Waals surface area contributed by atoms with Crippen LogP contribution in [0, 0.1) is 0 Å². The van der Waals surface area contributed by atoms with Crippen LogP contribution in [0.4, 0.5) is 0 Å². The molecule has 6 heteroatoms. The van der Waals surface area contributed by atoms with Gasteiger partial charge in [0.15, 0.2) is 6.10 Å². The molecule has 1 N–H and O–H groups in total. The number of ether oxygens (including phenoxy) is 1. The molecule has 3 aliphatic rings. The maximum absolute atomic E-state index is 12.9. The summed E-state index contributed by atoms with van der Waals surface area (Å²) in [6.07, 6.45) is 6.11. The number of carbonyl (C=O) groups excluding carboxylic acids is 1. The molecule has 1 amide bonds. The van der Waals surface area contributed by atoms with Gasteiger partial charge in [-0.25, -0.2) is 4.68 Å². The zero-order valence-corrected chi connectivity index (χ0v) is 16.5. The van der Waals surface area contributed by atoms with E-state index < -0.39 is 6.10 Å². The third-order valence-corrected chi connectivity index (χ3v) is 6.46. The predicted octanol–water partition coefficient (Wildman–Crippen LogP) is 3.03. The van der Waals surface area contributed by atoms with Gasteiger partial charge < -0.3 is 10.1 Å². The monoisotopic (exact) mass is 393 g/mol. The molecule has 1 aliphatic heterocycles. The number of benzene rings is 1. The summed E-state index contributed by atoms with van der Waals surface area (Å²) in [5, 5.41) is 7.82. The zero-order chi connectivity index (χ0) is 19.8. The molecule has 6 nitrogen and oxygen atoms in total. The van der Waals surface area contributed by atoms with Crippen molar-refractivity contribution in [2.75, 3.05) is 6.61 Å². The molecule has 2 heterocycles. The molecule has 1 unspecified atom stereocenters. The van der Waals surface area contributed by atoms with E-state index in [1.807, 2.05) is 24.3 Å². The summed E-state index contributed by atoms with van der Waals surface area (Å²) in [6, 6.07) is 11.8. The van der Waals surface area contributed by atoms with Crippen LogP contribution < -0.4 is 10.9 Å². The molecule has 5 rings (SSSR count). The fourth-order valence-corrected chi connectivity index (χ4v) is 4.65. The molecule has 2 saturated carbocycles. The van der Waals surface area contributed by atoms with Crippen molar-refractivity contribution < 1.29 is 9.53 Å². The fraction of sp³-hybridized carbons (Fsp3) is 0.522. The topological polar surface area (TPSA) is 73.2 Å². The minimum Gasteiger partial charge on any atom is -0.363 e. The summed E-state index contributed by atoms with van der Waals surface area (Å²) in [6.45, 7) is 0.577. The van der Waals surface area contributed by atoms with Crippen molar-refractivity contribution in [1.82, 2.24) is 15.1 Å². The number of rotatable bonds is 4. The van der Waals surface area contributed by atoms with Gasteiger partial charge in [0, 0.05) is 18.0 Å². The molecule has 0 bridgehead atoms. The molecular formula is C23H27N3O3. The number of carbonyl (C=O) groups is 1. The van der Waals surface area contributed by atoms with Crippen molar-refractivity contribution >= 4 is 5.91 Å². The summed E-state index contributed by atoms with van der Waals surface area (Å²) < 4.78 is 7.47. The standard InChI is InChI=1S/C23H27N3O3/c27-21-12-11-20(16-5-6-16)25-26(21)18-9-7-17(8-10-18)24-23(28)22-19-4-2-1-3-15(19)13-14-29-22/h1-4,11-12,16-18,22H,5-10,13-14H2,(H,24,28). The molecule has 1 aromatic carbocycles. The van der Waals surface area contributed by atoms with Gasteiger partial charge in [-0.15, -0.1) is 0 Å². The SMILES string of the molecule is O=C(NC1CCC(n2nc(C3CC3)ccc2=O)CC1)C1OCCc2ccccc21. The lowest BCUT2D eigenvalue weighted by molar-refractivity contribution is -0.135. The van der Waals surface area contributed by atoms with Gasteiger partial charge in [0.05, 0.1) is 18.3 Å². The van der Waals surface area contributed by atoms with Gasteiger partial charge in [0.2, 0.25) is 0 Å². The zero-order valence-electron chi connectivity index (χ0n) is 16.5. The Morgan fingerprint density at radius 3 is 2.62 bits per heavy atom. The first kappa shape index (κ1) is 18.6. The number of nitrogens with zero attached hydrogens (tertiary/aromatic N) is 2. The lowest BCUT2D eigenvalue weighted by Crippen LogP contribution is -2.43. The highest BCUT2D eigenvalue weighted by molar-refractivity contribution is 5.83. The molecule has 2 aromatic rings. The van der Waals surface area contributed by atoms with Crippen molar-refractivity contribution in [1.29, 1.82) is 0 Å². The molecule has 1 aromatic heterocycles. The Labute approximate surface area is 170 Å². The van der Waals surface area contributed by atoms with E-state index in [0.29, 0.717) is 12.5 Å². The second-order valence-electron chi connectivity index (χ2n) is 8.53. The van der Waals surface area contributed by atoms with E-state index in [0.717, 1.165) is 43.4 Å². The number of nitrogens with one attached hydrogen (secondary N) is 1. The summed E-state index contributed by atoms with van der Waals surface area (Å²) >= 11 is 0. The Morgan fingerprint density at radius 2 is 1.83 bits per heavy atom. The van der Waals surface area contributed by atoms with Crippen molar-refractivity contribution in [3.8, 4) is 0 Å². The molecule has 0 saturated heterocycles. The molecule has 2 aliphatic carbocycles. The van der Waals surface area contributed by atoms with Gasteiger partial charge in [-0.1, -0.05) is 24.3 Å². The Kier molecular flexibility index (Phi) is 4.96. The predicted molar refractivity (Wildman–Crippen MR) is 109 cm³/mol. The molecule has 0 spiro atoms. The van der Waals surface area contributed by atoms with Crippen LogP contribution >= 0.6 is 0 Å². The van der Waals surface area contributed by atoms with Crippen molar-refractivity contribution in [2.45, 2.75) is 69.1 Å². The number of hydrogen-bond acceptors (Lipinski definition) is 4. The average molecular weight is 393 g/mol. The van der Waals surface area contributed by atoms with Crippen molar-refractivity contribution in [2.24, 2.45) is 0 Å². The van der Waals surface area contributed by atoms with Crippen LogP contribution in [0.5, 0.6) is 0 Å². The molecule has 2 fully saturated rings. The van der Waals surface area contributed by atoms with Crippen LogP contribution in [0.2, 0.25) is 0 Å². The second kappa shape index (κ2) is 7.75. The first-order chi connectivity index (χ1) is 14.2. The Hall–Kier alpha value is -2.47. The number of amides is 1. The number of fused-ring (bicyclic) bond motifs is 1. The lowest BCUT2D eigenvalue weighted by Gasteiger charge is -2.32. The normalized spacial score (nSPS) is 26.6. The smallest absolute Gasteiger partial charge is 0.267 e. The summed E-state index contributed by atoms with van der Waals surface area (Å²) in [7, 11) is 0. The van der Waals surface area contributed by atoms with Crippen LogP contribution in [-0.2, 0) is 16.0 Å². The van der Waals surface area contributed by atoms with E-state index in [1.54, 1.807) is 10.7 Å². The molecule has 152 valence electrons. The number of aromatic nitrogens is 2. The summed E-state index contributed by atoms with van der Waals surface area (Å²) in [5.41, 5.74) is 3.21. The third kappa shape index (κ3) is 3.86. The molecule has 0 radical (unpaired) electrons. The van der Waals surface area contributed by atoms with E-state index in [9.17, 15) is 9.59 Å². The lowest BCUT2D eigenvalue weighted by atomic mass is 9.90. The van der Waals surface area contributed by atoms with Gasteiger partial charge in [-0.2, -0.15) is 5.10 Å². The maximum Gasteiger partial charge on any atom is 0.267 e. The van der Waals surface area contributed by atoms with Gasteiger partial charge in [-0.3, -0.25) is 9.59 Å². The van der Waals surface area contributed by atoms with Gasteiger partial charge in [0.25, 0.3) is 11.5 Å². The first-order valence-corrected chi connectivity index (χ1v) is 10.8. The first-order valence-electron chi connectivity index (χ1n) is 10.8. The van der Waals surface area contributed by atoms with Crippen molar-refractivity contribution in [3.63, 3.8) is 0 Å². The second-order valence-corrected chi connectivity index (χ2v) is 8.53. The minimum absolute atomic E-state index is 0.0194. The van der Waals surface area contributed by atoms with Gasteiger partial charge >= 0.3 is 0 Å². The van der Waals surface area contributed by atoms with Crippen LogP contribution in [-0.4, -0.2) is 28.3 Å². The highest BCUT2D eigenvalue weighted by Crippen LogP contribution is 2.39. The van der Waals surface area contributed by atoms with Crippen LogP contribution in [0.25, 0.3) is 0 Å². The maximum atomic E-state index is 12.9. The van der Waals surface area contributed by atoms with E-state index in [2.05, 4.69) is 16.5 Å². The number of hydrogen-bond donors (Lipinski definition) is 1. The van der Waals surface area contributed by atoms with E-state index in [1.165, 1.54) is 18.4 Å². The largest absolute Gasteiger partial charge is 0.363 e. The van der Waals surface area contributed by atoms with Crippen LogP contribution in [0.3, 0.4) is 0 Å². The summed E-state index contributed by atoms with van der Waals surface area (Å²) in [5.74, 6) is 0.488. The fourth-order valence-electron chi connectivity index (χ4n) is 4.65. The van der Waals surface area contributed by atoms with E-state index >= 15 is 0 Å². The van der Waals surface area contributed by atoms with Gasteiger partial charge in [0.1, 0.15) is 0 Å². The highest BCUT2D eigenvalue weighted by atomic mass is 16.5. The third-order valence-electron chi connectivity index (χ3n) is 6.46. The van der Waals surface area contributed by atoms with E-state index in [-0.39, 0.29) is 23.6 Å². The molecular weight excluding hydrogens is 366 g/mol. The Bertz CT molecular complexity index is 958. The molecule has 1 atom stereocenters. The van der Waals surface area contributed by atoms with Crippen molar-refractivity contribution in [3.05, 3.63) is 63.6 Å².